The summed E-state index contributed by atoms with van der Waals surface area (Å²) in [6.07, 6.45) is 2.49. The average molecular weight is 274 g/mol. The summed E-state index contributed by atoms with van der Waals surface area (Å²) in [5, 5.41) is 3.20. The molecule has 1 aliphatic rings. The highest BCUT2D eigenvalue weighted by atomic mass is 15.2. The third kappa shape index (κ3) is 4.07. The van der Waals surface area contributed by atoms with Crippen molar-refractivity contribution in [2.24, 2.45) is 11.8 Å². The lowest BCUT2D eigenvalue weighted by Crippen LogP contribution is -2.45. The molecule has 3 atom stereocenters. The number of nitrogens with zero attached hydrogens (tertiary/aromatic N) is 1. The Hall–Kier alpha value is -0.860. The molecule has 1 aromatic carbocycles. The summed E-state index contributed by atoms with van der Waals surface area (Å²) in [5.74, 6) is 1.64. The summed E-state index contributed by atoms with van der Waals surface area (Å²) in [6, 6.07) is 9.89. The van der Waals surface area contributed by atoms with Crippen molar-refractivity contribution in [3.05, 3.63) is 35.4 Å². The predicted molar refractivity (Wildman–Crippen MR) is 86.9 cm³/mol. The fourth-order valence-electron chi connectivity index (χ4n) is 3.36. The zero-order valence-corrected chi connectivity index (χ0v) is 13.5. The lowest BCUT2D eigenvalue weighted by atomic mass is 9.86. The second-order valence-electron chi connectivity index (χ2n) is 6.66. The maximum atomic E-state index is 3.20. The van der Waals surface area contributed by atoms with Gasteiger partial charge in [-0.05, 0) is 56.3 Å². The van der Waals surface area contributed by atoms with E-state index in [1.807, 2.05) is 7.05 Å². The van der Waals surface area contributed by atoms with E-state index in [-0.39, 0.29) is 0 Å². The van der Waals surface area contributed by atoms with E-state index >= 15 is 0 Å². The molecule has 2 rings (SSSR count). The first-order chi connectivity index (χ1) is 9.60. The van der Waals surface area contributed by atoms with Crippen LogP contribution in [0.4, 0.5) is 0 Å². The van der Waals surface area contributed by atoms with Crippen molar-refractivity contribution in [2.45, 2.75) is 46.2 Å². The van der Waals surface area contributed by atoms with Gasteiger partial charge in [0.05, 0.1) is 0 Å². The molecule has 1 aromatic rings. The molecule has 0 amide bonds. The lowest BCUT2D eigenvalue weighted by molar-refractivity contribution is 0.0729. The van der Waals surface area contributed by atoms with Crippen LogP contribution in [0.2, 0.25) is 0 Å². The van der Waals surface area contributed by atoms with Crippen LogP contribution in [0.1, 0.15) is 38.3 Å². The fraction of sp³-hybridized carbons (Fsp3) is 0.667. The highest BCUT2D eigenvalue weighted by Gasteiger charge is 2.28. The minimum atomic E-state index is 0.704. The van der Waals surface area contributed by atoms with Crippen LogP contribution in [0.15, 0.2) is 24.3 Å². The van der Waals surface area contributed by atoms with Gasteiger partial charge in [-0.3, -0.25) is 4.90 Å². The normalized spacial score (nSPS) is 27.7. The maximum absolute atomic E-state index is 3.20. The summed E-state index contributed by atoms with van der Waals surface area (Å²) < 4.78 is 0. The number of rotatable bonds is 5. The monoisotopic (exact) mass is 274 g/mol. The molecule has 0 aliphatic carbocycles. The quantitative estimate of drug-likeness (QED) is 0.886. The van der Waals surface area contributed by atoms with Gasteiger partial charge in [0.1, 0.15) is 0 Å². The minimum absolute atomic E-state index is 0.704. The van der Waals surface area contributed by atoms with Crippen molar-refractivity contribution < 1.29 is 0 Å². The van der Waals surface area contributed by atoms with Crippen molar-refractivity contribution in [2.75, 3.05) is 20.1 Å². The molecule has 1 N–H and O–H groups in total. The lowest BCUT2D eigenvalue weighted by Gasteiger charge is -2.41. The van der Waals surface area contributed by atoms with Crippen LogP contribution in [0, 0.1) is 11.8 Å². The van der Waals surface area contributed by atoms with Gasteiger partial charge in [-0.1, -0.05) is 38.1 Å². The topological polar surface area (TPSA) is 15.3 Å². The molecule has 1 saturated heterocycles. The van der Waals surface area contributed by atoms with E-state index in [0.29, 0.717) is 6.04 Å². The fourth-order valence-corrected chi connectivity index (χ4v) is 3.36. The van der Waals surface area contributed by atoms with Gasteiger partial charge >= 0.3 is 0 Å². The summed E-state index contributed by atoms with van der Waals surface area (Å²) >= 11 is 0. The van der Waals surface area contributed by atoms with Gasteiger partial charge in [0.2, 0.25) is 0 Å². The highest BCUT2D eigenvalue weighted by molar-refractivity contribution is 5.23. The molecule has 20 heavy (non-hydrogen) atoms. The van der Waals surface area contributed by atoms with E-state index in [1.165, 1.54) is 24.1 Å². The van der Waals surface area contributed by atoms with Crippen molar-refractivity contribution in [3.63, 3.8) is 0 Å². The number of benzene rings is 1. The largest absolute Gasteiger partial charge is 0.319 e. The average Bonchev–Trinajstić information content (AvgIpc) is 2.43. The zero-order chi connectivity index (χ0) is 14.5. The van der Waals surface area contributed by atoms with Crippen LogP contribution in [0.25, 0.3) is 0 Å². The Morgan fingerprint density at radius 2 is 1.75 bits per heavy atom. The predicted octanol–water partition coefficient (Wildman–Crippen LogP) is 3.31. The smallest absolute Gasteiger partial charge is 0.0236 e. The SMILES string of the molecule is CNCCc1ccc(CN2CC(C)CC(C)C2C)cc1. The van der Waals surface area contributed by atoms with Crippen LogP contribution < -0.4 is 5.32 Å². The van der Waals surface area contributed by atoms with Gasteiger partial charge in [0, 0.05) is 19.1 Å². The van der Waals surface area contributed by atoms with E-state index in [0.717, 1.165) is 31.3 Å². The molecule has 0 spiro atoms. The molecule has 0 radical (unpaired) electrons. The van der Waals surface area contributed by atoms with E-state index < -0.39 is 0 Å². The van der Waals surface area contributed by atoms with Gasteiger partial charge in [0.25, 0.3) is 0 Å². The minimum Gasteiger partial charge on any atom is -0.319 e. The first-order valence-corrected chi connectivity index (χ1v) is 8.06. The molecular formula is C18H30N2. The van der Waals surface area contributed by atoms with Crippen molar-refractivity contribution in [1.29, 1.82) is 0 Å². The summed E-state index contributed by atoms with van der Waals surface area (Å²) in [6.45, 7) is 10.6. The van der Waals surface area contributed by atoms with E-state index in [1.54, 1.807) is 0 Å². The van der Waals surface area contributed by atoms with Crippen LogP contribution in [0.3, 0.4) is 0 Å². The number of piperidine rings is 1. The Bertz CT molecular complexity index is 398. The number of hydrogen-bond acceptors (Lipinski definition) is 2. The molecule has 2 nitrogen and oxygen atoms in total. The molecule has 1 aliphatic heterocycles. The Morgan fingerprint density at radius 1 is 1.10 bits per heavy atom. The number of likely N-dealkylation sites (N-methyl/N-ethyl adjacent to an activating group) is 1. The molecule has 1 heterocycles. The maximum Gasteiger partial charge on any atom is 0.0236 e. The second-order valence-corrected chi connectivity index (χ2v) is 6.66. The molecule has 0 saturated carbocycles. The van der Waals surface area contributed by atoms with Crippen molar-refractivity contribution in [3.8, 4) is 0 Å². The van der Waals surface area contributed by atoms with E-state index in [2.05, 4.69) is 55.3 Å². The van der Waals surface area contributed by atoms with Gasteiger partial charge in [-0.2, -0.15) is 0 Å². The second kappa shape index (κ2) is 7.24. The van der Waals surface area contributed by atoms with Gasteiger partial charge < -0.3 is 5.32 Å². The van der Waals surface area contributed by atoms with Gasteiger partial charge in [0.15, 0.2) is 0 Å². The van der Waals surface area contributed by atoms with E-state index in [9.17, 15) is 0 Å². The number of nitrogens with one attached hydrogen (secondary N) is 1. The van der Waals surface area contributed by atoms with Gasteiger partial charge in [-0.15, -0.1) is 0 Å². The summed E-state index contributed by atoms with van der Waals surface area (Å²) in [5.41, 5.74) is 2.88. The summed E-state index contributed by atoms with van der Waals surface area (Å²) in [4.78, 5) is 2.65. The molecular weight excluding hydrogens is 244 g/mol. The third-order valence-electron chi connectivity index (χ3n) is 4.79. The third-order valence-corrected chi connectivity index (χ3v) is 4.79. The zero-order valence-electron chi connectivity index (χ0n) is 13.5. The standard InChI is InChI=1S/C18H30N2/c1-14-11-15(2)16(3)20(12-14)13-18-7-5-17(6-8-18)9-10-19-4/h5-8,14-16,19H,9-13H2,1-4H3. The Labute approximate surface area is 124 Å². The van der Waals surface area contributed by atoms with Crippen LogP contribution in [-0.4, -0.2) is 31.1 Å². The van der Waals surface area contributed by atoms with Crippen molar-refractivity contribution in [1.82, 2.24) is 10.2 Å². The number of likely N-dealkylation sites (tertiary alicyclic amines) is 1. The first-order valence-electron chi connectivity index (χ1n) is 8.06. The van der Waals surface area contributed by atoms with Crippen LogP contribution >= 0.6 is 0 Å². The van der Waals surface area contributed by atoms with Crippen LogP contribution in [0.5, 0.6) is 0 Å². The van der Waals surface area contributed by atoms with E-state index in [4.69, 9.17) is 0 Å². The van der Waals surface area contributed by atoms with Crippen LogP contribution in [-0.2, 0) is 13.0 Å². The summed E-state index contributed by atoms with van der Waals surface area (Å²) in [7, 11) is 2.01. The molecule has 0 bridgehead atoms. The Kier molecular flexibility index (Phi) is 5.62. The molecule has 2 heteroatoms. The van der Waals surface area contributed by atoms with Crippen molar-refractivity contribution >= 4 is 0 Å². The Balaban J connectivity index is 1.95. The first kappa shape index (κ1) is 15.5. The molecule has 0 aromatic heterocycles. The Morgan fingerprint density at radius 3 is 2.40 bits per heavy atom. The number of hydrogen-bond donors (Lipinski definition) is 1. The van der Waals surface area contributed by atoms with Gasteiger partial charge in [-0.25, -0.2) is 0 Å². The molecule has 1 fully saturated rings. The highest BCUT2D eigenvalue weighted by Crippen LogP contribution is 2.28. The molecule has 112 valence electrons. The molecule has 3 unspecified atom stereocenters.